The smallest absolute Gasteiger partial charge is 0.303 e. The normalized spacial score (nSPS) is 11.5. The lowest BCUT2D eigenvalue weighted by molar-refractivity contribution is -0.139. The number of hydrogen-bond acceptors (Lipinski definition) is 3. The van der Waals surface area contributed by atoms with Gasteiger partial charge in [0.25, 0.3) is 0 Å². The Balaban J connectivity index is 4.08. The molecule has 0 aromatic heterocycles. The van der Waals surface area contributed by atoms with Crippen molar-refractivity contribution < 1.29 is 14.7 Å². The van der Waals surface area contributed by atoms with Gasteiger partial charge in [0.15, 0.2) is 0 Å². The van der Waals surface area contributed by atoms with Gasteiger partial charge in [-0.15, -0.1) is 0 Å². The summed E-state index contributed by atoms with van der Waals surface area (Å²) in [5, 5.41) is 10.1. The number of aliphatic carboxylic acids is 1. The van der Waals surface area contributed by atoms with Crippen molar-refractivity contribution in [3.05, 3.63) is 0 Å². The lowest BCUT2D eigenvalue weighted by atomic mass is 9.85. The molecule has 2 N–H and O–H groups in total. The predicted molar refractivity (Wildman–Crippen MR) is 52.5 cm³/mol. The molecule has 0 fully saturated rings. The molecule has 0 saturated carbocycles. The van der Waals surface area contributed by atoms with Crippen molar-refractivity contribution in [1.82, 2.24) is 10.4 Å². The van der Waals surface area contributed by atoms with E-state index in [1.54, 1.807) is 33.0 Å². The van der Waals surface area contributed by atoms with Crippen LogP contribution in [0.1, 0.15) is 26.7 Å². The Morgan fingerprint density at radius 3 is 2.14 bits per heavy atom. The van der Waals surface area contributed by atoms with E-state index in [9.17, 15) is 9.59 Å². The van der Waals surface area contributed by atoms with Gasteiger partial charge in [-0.1, -0.05) is 13.8 Å². The van der Waals surface area contributed by atoms with E-state index in [-0.39, 0.29) is 18.7 Å². The molecule has 0 aliphatic rings. The molecule has 0 radical (unpaired) electrons. The third-order valence-corrected chi connectivity index (χ3v) is 1.62. The van der Waals surface area contributed by atoms with Crippen LogP contribution in [-0.4, -0.2) is 36.1 Å². The zero-order valence-electron chi connectivity index (χ0n) is 9.13. The molecule has 0 saturated heterocycles. The summed E-state index contributed by atoms with van der Waals surface area (Å²) in [4.78, 5) is 21.8. The first-order valence-electron chi connectivity index (χ1n) is 4.41. The van der Waals surface area contributed by atoms with E-state index < -0.39 is 11.4 Å². The van der Waals surface area contributed by atoms with E-state index in [0.29, 0.717) is 0 Å². The maximum Gasteiger partial charge on any atom is 0.303 e. The number of rotatable bonds is 5. The molecule has 1 amide bonds. The topological polar surface area (TPSA) is 69.6 Å². The maximum absolute atomic E-state index is 11.3. The average Bonchev–Trinajstić information content (AvgIpc) is 1.77. The molecule has 0 rings (SSSR count). The molecule has 0 aromatic carbocycles. The largest absolute Gasteiger partial charge is 0.481 e. The standard InChI is InChI=1S/C9H18N2O3/c1-9(2,6-8(13)14)5-7(12)10-11(3)4/h5-6H2,1-4H3,(H,10,12)(H,13,14). The summed E-state index contributed by atoms with van der Waals surface area (Å²) in [6.07, 6.45) is 0.200. The summed E-state index contributed by atoms with van der Waals surface area (Å²) in [6.45, 7) is 3.52. The number of hydrogen-bond donors (Lipinski definition) is 2. The van der Waals surface area contributed by atoms with Crippen molar-refractivity contribution in [2.75, 3.05) is 14.1 Å². The summed E-state index contributed by atoms with van der Waals surface area (Å²) in [6, 6.07) is 0. The Labute approximate surface area is 84.1 Å². The van der Waals surface area contributed by atoms with Crippen LogP contribution in [-0.2, 0) is 9.59 Å². The van der Waals surface area contributed by atoms with Gasteiger partial charge < -0.3 is 5.11 Å². The van der Waals surface area contributed by atoms with Crippen molar-refractivity contribution in [2.45, 2.75) is 26.7 Å². The highest BCUT2D eigenvalue weighted by Gasteiger charge is 2.25. The summed E-state index contributed by atoms with van der Waals surface area (Å²) >= 11 is 0. The second-order valence-corrected chi connectivity index (χ2v) is 4.34. The Kier molecular flexibility index (Phi) is 4.56. The third-order valence-electron chi connectivity index (χ3n) is 1.62. The minimum Gasteiger partial charge on any atom is -0.481 e. The first-order chi connectivity index (χ1) is 6.23. The summed E-state index contributed by atoms with van der Waals surface area (Å²) in [7, 11) is 3.42. The Morgan fingerprint density at radius 2 is 1.79 bits per heavy atom. The van der Waals surface area contributed by atoms with Gasteiger partial charge in [-0.2, -0.15) is 0 Å². The SMILES string of the molecule is CN(C)NC(=O)CC(C)(C)CC(=O)O. The quantitative estimate of drug-likeness (QED) is 0.636. The van der Waals surface area contributed by atoms with E-state index in [2.05, 4.69) is 5.43 Å². The number of nitrogens with one attached hydrogen (secondary N) is 1. The van der Waals surface area contributed by atoms with Gasteiger partial charge in [0.05, 0.1) is 6.42 Å². The predicted octanol–water partition coefficient (Wildman–Crippen LogP) is 0.470. The molecule has 5 heteroatoms. The van der Waals surface area contributed by atoms with E-state index in [0.717, 1.165) is 0 Å². The van der Waals surface area contributed by atoms with Gasteiger partial charge in [-0.3, -0.25) is 15.0 Å². The van der Waals surface area contributed by atoms with Gasteiger partial charge in [0.2, 0.25) is 5.91 Å². The van der Waals surface area contributed by atoms with Crippen LogP contribution in [0, 0.1) is 5.41 Å². The van der Waals surface area contributed by atoms with E-state index in [1.165, 1.54) is 0 Å². The molecule has 0 aliphatic heterocycles. The van der Waals surface area contributed by atoms with Gasteiger partial charge in [0, 0.05) is 20.5 Å². The lowest BCUT2D eigenvalue weighted by Crippen LogP contribution is -2.38. The van der Waals surface area contributed by atoms with Crippen LogP contribution in [0.3, 0.4) is 0 Å². The number of carboxylic acid groups (broad SMARTS) is 1. The van der Waals surface area contributed by atoms with E-state index >= 15 is 0 Å². The van der Waals surface area contributed by atoms with Crippen LogP contribution in [0.25, 0.3) is 0 Å². The van der Waals surface area contributed by atoms with Gasteiger partial charge in [-0.05, 0) is 5.41 Å². The van der Waals surface area contributed by atoms with Crippen molar-refractivity contribution in [1.29, 1.82) is 0 Å². The molecule has 0 heterocycles. The number of carbonyl (C=O) groups excluding carboxylic acids is 1. The third kappa shape index (κ3) is 6.42. The van der Waals surface area contributed by atoms with Crippen LogP contribution in [0.15, 0.2) is 0 Å². The van der Waals surface area contributed by atoms with Crippen LogP contribution < -0.4 is 5.43 Å². The molecule has 0 bridgehead atoms. The van der Waals surface area contributed by atoms with Crippen molar-refractivity contribution >= 4 is 11.9 Å². The molecule has 14 heavy (non-hydrogen) atoms. The molecule has 0 atom stereocenters. The second kappa shape index (κ2) is 4.95. The molecule has 0 aliphatic carbocycles. The lowest BCUT2D eigenvalue weighted by Gasteiger charge is -2.22. The number of carbonyl (C=O) groups is 2. The first-order valence-corrected chi connectivity index (χ1v) is 4.41. The van der Waals surface area contributed by atoms with Crippen molar-refractivity contribution in [2.24, 2.45) is 5.41 Å². The zero-order valence-corrected chi connectivity index (χ0v) is 9.13. The van der Waals surface area contributed by atoms with Crippen molar-refractivity contribution in [3.8, 4) is 0 Å². The highest BCUT2D eigenvalue weighted by Crippen LogP contribution is 2.24. The van der Waals surface area contributed by atoms with E-state index in [4.69, 9.17) is 5.11 Å². The number of nitrogens with zero attached hydrogens (tertiary/aromatic N) is 1. The molecule has 82 valence electrons. The monoisotopic (exact) mass is 202 g/mol. The fourth-order valence-electron chi connectivity index (χ4n) is 1.20. The van der Waals surface area contributed by atoms with Crippen LogP contribution >= 0.6 is 0 Å². The minimum atomic E-state index is -0.882. The molecule has 0 unspecified atom stereocenters. The summed E-state index contributed by atoms with van der Waals surface area (Å²) < 4.78 is 0. The van der Waals surface area contributed by atoms with Crippen LogP contribution in [0.2, 0.25) is 0 Å². The molecule has 5 nitrogen and oxygen atoms in total. The zero-order chi connectivity index (χ0) is 11.4. The number of amides is 1. The highest BCUT2D eigenvalue weighted by molar-refractivity contribution is 5.77. The number of hydrazine groups is 1. The van der Waals surface area contributed by atoms with Crippen LogP contribution in [0.4, 0.5) is 0 Å². The Bertz CT molecular complexity index is 224. The summed E-state index contributed by atoms with van der Waals surface area (Å²) in [5.41, 5.74) is 2.07. The second-order valence-electron chi connectivity index (χ2n) is 4.34. The fraction of sp³-hybridized carbons (Fsp3) is 0.778. The number of carboxylic acids is 1. The molecule has 0 aromatic rings. The average molecular weight is 202 g/mol. The van der Waals surface area contributed by atoms with Gasteiger partial charge in [0.1, 0.15) is 0 Å². The minimum absolute atomic E-state index is 0.00610. The van der Waals surface area contributed by atoms with Crippen LogP contribution in [0.5, 0.6) is 0 Å². The molecular formula is C9H18N2O3. The van der Waals surface area contributed by atoms with Gasteiger partial charge >= 0.3 is 5.97 Å². The van der Waals surface area contributed by atoms with Gasteiger partial charge in [-0.25, -0.2) is 5.01 Å². The summed E-state index contributed by atoms with van der Waals surface area (Å²) in [5.74, 6) is -1.05. The first kappa shape index (κ1) is 12.9. The molecule has 0 spiro atoms. The Hall–Kier alpha value is -1.10. The Morgan fingerprint density at radius 1 is 1.29 bits per heavy atom. The highest BCUT2D eigenvalue weighted by atomic mass is 16.4. The fourth-order valence-corrected chi connectivity index (χ4v) is 1.20. The van der Waals surface area contributed by atoms with E-state index in [1.807, 2.05) is 0 Å². The van der Waals surface area contributed by atoms with Crippen molar-refractivity contribution in [3.63, 3.8) is 0 Å². The molecular weight excluding hydrogens is 184 g/mol. The maximum atomic E-state index is 11.3.